The van der Waals surface area contributed by atoms with Crippen LogP contribution in [0.3, 0.4) is 0 Å². The van der Waals surface area contributed by atoms with Crippen LogP contribution in [0.4, 0.5) is 28.2 Å². The second kappa shape index (κ2) is 17.4. The molecule has 1 aliphatic rings. The highest BCUT2D eigenvalue weighted by Gasteiger charge is 2.31. The number of nitrogens with one attached hydrogen (secondary N) is 2. The van der Waals surface area contributed by atoms with Crippen molar-refractivity contribution in [2.75, 3.05) is 24.4 Å². The number of benzene rings is 3. The lowest BCUT2D eigenvalue weighted by Crippen LogP contribution is -2.38. The molecule has 1 fully saturated rings. The van der Waals surface area contributed by atoms with E-state index in [1.165, 1.54) is 29.2 Å². The van der Waals surface area contributed by atoms with Gasteiger partial charge in [-0.05, 0) is 118 Å². The van der Waals surface area contributed by atoms with Crippen LogP contribution >= 0.6 is 22.9 Å². The SMILES string of the molecule is CC(C)(C)OC(=O)N(CCC1CCNCC1)Cc1cc(-c2cc(-c3cccc(C(F)(F)F)c3)ccc2Oc2cc(F)c(S(=O)(=O)Nc3cscn3)cc2Cl)ccn1. The van der Waals surface area contributed by atoms with Crippen molar-refractivity contribution in [3.05, 3.63) is 106 Å². The van der Waals surface area contributed by atoms with E-state index in [1.54, 1.807) is 56.0 Å². The van der Waals surface area contributed by atoms with Crippen LogP contribution in [0.15, 0.2) is 88.7 Å². The van der Waals surface area contributed by atoms with Gasteiger partial charge in [0.25, 0.3) is 10.0 Å². The number of hydrogen-bond acceptors (Lipinski definition) is 9. The van der Waals surface area contributed by atoms with Crippen molar-refractivity contribution in [2.24, 2.45) is 5.92 Å². The zero-order valence-corrected chi connectivity index (χ0v) is 33.6. The van der Waals surface area contributed by atoms with Crippen molar-refractivity contribution in [3.8, 4) is 33.8 Å². The average Bonchev–Trinajstić information content (AvgIpc) is 3.66. The Morgan fingerprint density at radius 2 is 1.74 bits per heavy atom. The lowest BCUT2D eigenvalue weighted by Gasteiger charge is -2.29. The first kappa shape index (κ1) is 41.9. The molecule has 0 unspecified atom stereocenters. The number of alkyl halides is 3. The third kappa shape index (κ3) is 11.0. The highest BCUT2D eigenvalue weighted by Crippen LogP contribution is 2.41. The summed E-state index contributed by atoms with van der Waals surface area (Å²) in [6.07, 6.45) is -0.772. The van der Waals surface area contributed by atoms with E-state index in [0.717, 1.165) is 68.0 Å². The lowest BCUT2D eigenvalue weighted by atomic mass is 9.94. The number of hydrogen-bond donors (Lipinski definition) is 2. The maximum absolute atomic E-state index is 15.5. The number of anilines is 1. The smallest absolute Gasteiger partial charge is 0.416 e. The van der Waals surface area contributed by atoms with E-state index in [0.29, 0.717) is 34.8 Å². The van der Waals surface area contributed by atoms with Crippen LogP contribution in [0, 0.1) is 11.7 Å². The van der Waals surface area contributed by atoms with Gasteiger partial charge in [0.1, 0.15) is 27.8 Å². The topological polar surface area (TPSA) is 123 Å². The summed E-state index contributed by atoms with van der Waals surface area (Å²) in [5, 5.41) is 4.56. The molecule has 10 nitrogen and oxygen atoms in total. The maximum Gasteiger partial charge on any atom is 0.416 e. The van der Waals surface area contributed by atoms with Crippen LogP contribution in [0.25, 0.3) is 22.3 Å². The first-order valence-electron chi connectivity index (χ1n) is 18.0. The molecule has 3 aromatic carbocycles. The molecule has 0 atom stereocenters. The molecule has 0 radical (unpaired) electrons. The molecule has 2 aromatic heterocycles. The van der Waals surface area contributed by atoms with Crippen LogP contribution in [-0.4, -0.2) is 54.6 Å². The van der Waals surface area contributed by atoms with Gasteiger partial charge in [0.15, 0.2) is 5.82 Å². The summed E-state index contributed by atoms with van der Waals surface area (Å²) in [4.78, 5) is 22.7. The van der Waals surface area contributed by atoms with Gasteiger partial charge in [-0.15, -0.1) is 11.3 Å². The van der Waals surface area contributed by atoms with Gasteiger partial charge in [0.2, 0.25) is 0 Å². The number of sulfonamides is 1. The fourth-order valence-electron chi connectivity index (χ4n) is 6.27. The van der Waals surface area contributed by atoms with Gasteiger partial charge in [-0.1, -0.05) is 29.8 Å². The predicted octanol–water partition coefficient (Wildman–Crippen LogP) is 10.4. The number of amides is 1. The van der Waals surface area contributed by atoms with E-state index in [-0.39, 0.29) is 34.4 Å². The summed E-state index contributed by atoms with van der Waals surface area (Å²) in [7, 11) is -4.42. The molecule has 302 valence electrons. The second-order valence-electron chi connectivity index (χ2n) is 14.5. The maximum atomic E-state index is 15.5. The molecule has 0 aliphatic carbocycles. The van der Waals surface area contributed by atoms with Crippen molar-refractivity contribution >= 4 is 44.9 Å². The van der Waals surface area contributed by atoms with Crippen molar-refractivity contribution in [1.29, 1.82) is 0 Å². The van der Waals surface area contributed by atoms with E-state index in [2.05, 4.69) is 20.0 Å². The monoisotopic (exact) mass is 845 g/mol. The minimum atomic E-state index is -4.58. The van der Waals surface area contributed by atoms with Gasteiger partial charge in [-0.2, -0.15) is 13.2 Å². The minimum absolute atomic E-state index is 0.00839. The molecule has 1 aliphatic heterocycles. The van der Waals surface area contributed by atoms with Crippen LogP contribution in [0.2, 0.25) is 5.02 Å². The van der Waals surface area contributed by atoms with Crippen molar-refractivity contribution < 1.29 is 40.2 Å². The fraction of sp³-hybridized carbons (Fsp3) is 0.325. The molecule has 2 N–H and O–H groups in total. The summed E-state index contributed by atoms with van der Waals surface area (Å²) in [5.41, 5.74) is 1.88. The van der Waals surface area contributed by atoms with Crippen LogP contribution in [0.1, 0.15) is 51.3 Å². The third-order valence-corrected chi connectivity index (χ3v) is 11.3. The molecule has 0 bridgehead atoms. The summed E-state index contributed by atoms with van der Waals surface area (Å²) in [5.74, 6) is -0.812. The Balaban J connectivity index is 1.37. The largest absolute Gasteiger partial charge is 0.455 e. The number of nitrogens with zero attached hydrogens (tertiary/aromatic N) is 3. The van der Waals surface area contributed by atoms with Gasteiger partial charge in [-0.3, -0.25) is 9.71 Å². The van der Waals surface area contributed by atoms with E-state index >= 15 is 4.39 Å². The predicted molar refractivity (Wildman–Crippen MR) is 211 cm³/mol. The van der Waals surface area contributed by atoms with Gasteiger partial charge < -0.3 is 19.7 Å². The summed E-state index contributed by atoms with van der Waals surface area (Å²) >= 11 is 7.65. The van der Waals surface area contributed by atoms with E-state index in [4.69, 9.17) is 21.1 Å². The van der Waals surface area contributed by atoms with Crippen LogP contribution in [0.5, 0.6) is 11.5 Å². The highest BCUT2D eigenvalue weighted by molar-refractivity contribution is 7.92. The molecule has 3 heterocycles. The first-order chi connectivity index (χ1) is 26.9. The lowest BCUT2D eigenvalue weighted by molar-refractivity contribution is -0.137. The number of carbonyl (C=O) groups excluding carboxylic acids is 1. The zero-order chi connectivity index (χ0) is 41.0. The van der Waals surface area contributed by atoms with Gasteiger partial charge in [-0.25, -0.2) is 22.6 Å². The van der Waals surface area contributed by atoms with E-state index in [9.17, 15) is 26.4 Å². The molecule has 5 aromatic rings. The Kier molecular flexibility index (Phi) is 12.8. The molecule has 0 spiro atoms. The molecule has 6 rings (SSSR count). The standard InChI is InChI=1S/C40H40ClF4N5O5S2/c1-39(2,3)55-38(51)50(16-12-25-9-13-46-14-10-25)22-30-18-28(11-15-47-30)31-19-27(26-5-4-6-29(17-26)40(43,44)45)7-8-34(31)54-35-21-33(42)36(20-32(35)41)57(52,53)49-37-23-56-24-48-37/h4-8,11,15,17-21,23-25,46,49H,9-10,12-14,16,22H2,1-3H3. The quantitative estimate of drug-likeness (QED) is 0.119. The molecule has 1 amide bonds. The Labute approximate surface area is 337 Å². The summed E-state index contributed by atoms with van der Waals surface area (Å²) < 4.78 is 96.7. The number of pyridine rings is 1. The van der Waals surface area contributed by atoms with Gasteiger partial charge >= 0.3 is 12.3 Å². The molecule has 0 saturated carbocycles. The Bertz CT molecular complexity index is 2320. The van der Waals surface area contributed by atoms with Crippen LogP contribution in [-0.2, 0) is 27.5 Å². The van der Waals surface area contributed by atoms with Crippen LogP contribution < -0.4 is 14.8 Å². The van der Waals surface area contributed by atoms with E-state index in [1.807, 2.05) is 0 Å². The fourth-order valence-corrected chi connectivity index (χ4v) is 8.18. The first-order valence-corrected chi connectivity index (χ1v) is 20.8. The number of thiazole rings is 1. The number of aromatic nitrogens is 2. The summed E-state index contributed by atoms with van der Waals surface area (Å²) in [6, 6.07) is 14.7. The second-order valence-corrected chi connectivity index (χ2v) is 17.3. The molecule has 17 heteroatoms. The number of carbonyl (C=O) groups is 1. The Morgan fingerprint density at radius 3 is 2.44 bits per heavy atom. The van der Waals surface area contributed by atoms with Crippen molar-refractivity contribution in [2.45, 2.75) is 63.3 Å². The zero-order valence-electron chi connectivity index (χ0n) is 31.2. The molecular weight excluding hydrogens is 806 g/mol. The van der Waals surface area contributed by atoms with Gasteiger partial charge in [0.05, 0.1) is 28.3 Å². The third-order valence-electron chi connectivity index (χ3n) is 9.07. The normalized spacial score (nSPS) is 14.0. The number of piperidine rings is 1. The van der Waals surface area contributed by atoms with Crippen molar-refractivity contribution in [1.82, 2.24) is 20.2 Å². The number of halogens is 5. The van der Waals surface area contributed by atoms with E-state index < -0.39 is 44.2 Å². The number of rotatable bonds is 12. The Hall–Kier alpha value is -4.77. The van der Waals surface area contributed by atoms with Crippen molar-refractivity contribution in [3.63, 3.8) is 0 Å². The molecular formula is C40H40ClF4N5O5S2. The van der Waals surface area contributed by atoms with Gasteiger partial charge in [0, 0.05) is 29.8 Å². The summed E-state index contributed by atoms with van der Waals surface area (Å²) in [6.45, 7) is 7.72. The molecule has 1 saturated heterocycles. The number of ether oxygens (including phenoxy) is 2. The average molecular weight is 846 g/mol. The Morgan fingerprint density at radius 1 is 0.982 bits per heavy atom. The highest BCUT2D eigenvalue weighted by atomic mass is 35.5. The minimum Gasteiger partial charge on any atom is -0.455 e. The molecule has 57 heavy (non-hydrogen) atoms.